The van der Waals surface area contributed by atoms with Crippen LogP contribution in [0.15, 0.2) is 42.6 Å². The van der Waals surface area contributed by atoms with Gasteiger partial charge < -0.3 is 4.57 Å². The van der Waals surface area contributed by atoms with Crippen LogP contribution in [0.25, 0.3) is 22.0 Å². The van der Waals surface area contributed by atoms with Crippen molar-refractivity contribution in [1.29, 1.82) is 0 Å². The first kappa shape index (κ1) is 28.4. The number of aromatic nitrogens is 1. The topological polar surface area (TPSA) is 51.1 Å². The molecule has 0 saturated heterocycles. The molecule has 38 heavy (non-hydrogen) atoms. The van der Waals surface area contributed by atoms with Crippen molar-refractivity contribution in [3.8, 4) is 11.1 Å². The molecule has 1 N–H and O–H groups in total. The maximum atomic E-state index is 16.1. The Kier molecular flexibility index (Phi) is 7.14. The van der Waals surface area contributed by atoms with Gasteiger partial charge in [-0.25, -0.2) is 12.8 Å². The summed E-state index contributed by atoms with van der Waals surface area (Å²) in [6, 6.07) is 3.81. The van der Waals surface area contributed by atoms with Crippen LogP contribution in [0.1, 0.15) is 57.2 Å². The standard InChI is InChI=1S/C26H27F7N2O2S/c1-24(2,3)14-35-13-19(23(26(31,32)33)34-38(36,37)15-7-6-8-15)18-12-11-17(21(27)22(18)35)16-9-4-5-10-20(16)25(28,29)30/h4-5,9-13,15,23,34H,6-8,14H2,1-3H3. The van der Waals surface area contributed by atoms with E-state index in [1.165, 1.54) is 10.6 Å². The Morgan fingerprint density at radius 2 is 1.61 bits per heavy atom. The highest BCUT2D eigenvalue weighted by Crippen LogP contribution is 2.43. The highest BCUT2D eigenvalue weighted by molar-refractivity contribution is 7.90. The molecule has 0 spiro atoms. The van der Waals surface area contributed by atoms with Crippen LogP contribution in [0.5, 0.6) is 0 Å². The summed E-state index contributed by atoms with van der Waals surface area (Å²) >= 11 is 0. The number of hydrogen-bond acceptors (Lipinski definition) is 2. The third kappa shape index (κ3) is 5.56. The van der Waals surface area contributed by atoms with Gasteiger partial charge in [0.05, 0.1) is 16.3 Å². The molecule has 4 rings (SSSR count). The number of rotatable bonds is 6. The van der Waals surface area contributed by atoms with Crippen molar-refractivity contribution in [2.24, 2.45) is 5.41 Å². The van der Waals surface area contributed by atoms with Crippen LogP contribution in [-0.4, -0.2) is 24.4 Å². The summed E-state index contributed by atoms with van der Waals surface area (Å²) in [5.41, 5.74) is -3.38. The van der Waals surface area contributed by atoms with Gasteiger partial charge in [-0.2, -0.15) is 31.1 Å². The molecule has 1 aliphatic carbocycles. The summed E-state index contributed by atoms with van der Waals surface area (Å²) in [6.07, 6.45) is -7.75. The Bertz CT molecular complexity index is 1450. The van der Waals surface area contributed by atoms with E-state index in [0.29, 0.717) is 6.42 Å². The zero-order valence-corrected chi connectivity index (χ0v) is 21.7. The highest BCUT2D eigenvalue weighted by Gasteiger charge is 2.47. The average Bonchev–Trinajstić information content (AvgIpc) is 3.06. The van der Waals surface area contributed by atoms with Crippen molar-refractivity contribution >= 4 is 20.9 Å². The number of halogens is 7. The fraction of sp³-hybridized carbons (Fsp3) is 0.462. The summed E-state index contributed by atoms with van der Waals surface area (Å²) in [5, 5.41) is -1.18. The predicted octanol–water partition coefficient (Wildman–Crippen LogP) is 7.59. The summed E-state index contributed by atoms with van der Waals surface area (Å²) in [5.74, 6) is -1.13. The van der Waals surface area contributed by atoms with E-state index in [-0.39, 0.29) is 30.3 Å². The van der Waals surface area contributed by atoms with Crippen LogP contribution in [0, 0.1) is 11.2 Å². The van der Waals surface area contributed by atoms with E-state index >= 15 is 4.39 Å². The molecule has 2 aromatic carbocycles. The van der Waals surface area contributed by atoms with Crippen LogP contribution in [-0.2, 0) is 22.7 Å². The van der Waals surface area contributed by atoms with Crippen molar-refractivity contribution in [2.75, 3.05) is 0 Å². The molecule has 1 heterocycles. The van der Waals surface area contributed by atoms with Gasteiger partial charge in [-0.1, -0.05) is 57.5 Å². The van der Waals surface area contributed by atoms with Gasteiger partial charge in [-0.05, 0) is 29.9 Å². The molecule has 4 nitrogen and oxygen atoms in total. The lowest BCUT2D eigenvalue weighted by molar-refractivity contribution is -0.152. The van der Waals surface area contributed by atoms with Crippen LogP contribution in [0.4, 0.5) is 30.7 Å². The number of hydrogen-bond donors (Lipinski definition) is 1. The minimum Gasteiger partial charge on any atom is -0.344 e. The third-order valence-corrected chi connectivity index (χ3v) is 8.50. The van der Waals surface area contributed by atoms with Gasteiger partial charge in [-0.15, -0.1) is 0 Å². The second-order valence-corrected chi connectivity index (χ2v) is 12.8. The molecule has 0 aliphatic heterocycles. The van der Waals surface area contributed by atoms with Crippen molar-refractivity contribution in [2.45, 2.75) is 70.2 Å². The van der Waals surface area contributed by atoms with E-state index in [1.54, 1.807) is 25.5 Å². The van der Waals surface area contributed by atoms with Crippen LogP contribution >= 0.6 is 0 Å². The van der Waals surface area contributed by atoms with Gasteiger partial charge in [-0.3, -0.25) is 0 Å². The Balaban J connectivity index is 1.96. The first-order valence-electron chi connectivity index (χ1n) is 12.0. The number of alkyl halides is 6. The van der Waals surface area contributed by atoms with Crippen molar-refractivity contribution in [1.82, 2.24) is 9.29 Å². The van der Waals surface area contributed by atoms with Crippen molar-refractivity contribution in [3.63, 3.8) is 0 Å². The van der Waals surface area contributed by atoms with Crippen LogP contribution in [0.3, 0.4) is 0 Å². The lowest BCUT2D eigenvalue weighted by Gasteiger charge is -2.29. The van der Waals surface area contributed by atoms with Crippen molar-refractivity contribution < 1.29 is 39.2 Å². The summed E-state index contributed by atoms with van der Waals surface area (Å²) in [7, 11) is -4.33. The Labute approximate surface area is 215 Å². The van der Waals surface area contributed by atoms with Gasteiger partial charge >= 0.3 is 12.4 Å². The fourth-order valence-corrected chi connectivity index (χ4v) is 6.40. The number of nitrogens with zero attached hydrogens (tertiary/aromatic N) is 1. The molecule has 12 heteroatoms. The van der Waals surface area contributed by atoms with Crippen molar-refractivity contribution in [3.05, 3.63) is 59.5 Å². The monoisotopic (exact) mass is 564 g/mol. The number of fused-ring (bicyclic) bond motifs is 1. The molecule has 3 aromatic rings. The van der Waals surface area contributed by atoms with Gasteiger partial charge in [0.25, 0.3) is 0 Å². The van der Waals surface area contributed by atoms with E-state index in [1.807, 2.05) is 0 Å². The molecule has 1 unspecified atom stereocenters. The Hall–Kier alpha value is -2.60. The zero-order chi connectivity index (χ0) is 28.3. The smallest absolute Gasteiger partial charge is 0.344 e. The summed E-state index contributed by atoms with van der Waals surface area (Å²) in [4.78, 5) is 0. The van der Waals surface area contributed by atoms with Crippen LogP contribution < -0.4 is 4.72 Å². The van der Waals surface area contributed by atoms with Gasteiger partial charge in [0, 0.05) is 29.3 Å². The highest BCUT2D eigenvalue weighted by atomic mass is 32.2. The molecule has 1 saturated carbocycles. The SMILES string of the molecule is CC(C)(C)Cn1cc(C(NS(=O)(=O)C2CCC2)C(F)(F)F)c2ccc(-c3ccccc3C(F)(F)F)c(F)c21. The second kappa shape index (κ2) is 9.55. The number of nitrogens with one attached hydrogen (secondary N) is 1. The largest absolute Gasteiger partial charge is 0.417 e. The second-order valence-electron chi connectivity index (χ2n) is 10.8. The maximum Gasteiger partial charge on any atom is 0.417 e. The van der Waals surface area contributed by atoms with Gasteiger partial charge in [0.15, 0.2) is 5.82 Å². The maximum absolute atomic E-state index is 16.1. The normalized spacial score (nSPS) is 16.6. The minimum absolute atomic E-state index is 0.0186. The van der Waals surface area contributed by atoms with E-state index < -0.39 is 67.2 Å². The first-order chi connectivity index (χ1) is 17.4. The average molecular weight is 565 g/mol. The lowest BCUT2D eigenvalue weighted by atomic mass is 9.95. The van der Waals surface area contributed by atoms with Crippen LogP contribution in [0.2, 0.25) is 0 Å². The first-order valence-corrected chi connectivity index (χ1v) is 13.5. The molecule has 208 valence electrons. The number of benzene rings is 2. The molecule has 1 aliphatic rings. The van der Waals surface area contributed by atoms with E-state index in [4.69, 9.17) is 0 Å². The number of sulfonamides is 1. The van der Waals surface area contributed by atoms with Gasteiger partial charge in [0.1, 0.15) is 6.04 Å². The quantitative estimate of drug-likeness (QED) is 0.314. The molecule has 1 aromatic heterocycles. The molecule has 0 amide bonds. The summed E-state index contributed by atoms with van der Waals surface area (Å²) < 4.78 is 128. The molecular weight excluding hydrogens is 537 g/mol. The fourth-order valence-electron chi connectivity index (χ4n) is 4.67. The van der Waals surface area contributed by atoms with E-state index in [0.717, 1.165) is 36.5 Å². The molecular formula is C26H27F7N2O2S. The predicted molar refractivity (Wildman–Crippen MR) is 130 cm³/mol. The molecule has 0 radical (unpaired) electrons. The summed E-state index contributed by atoms with van der Waals surface area (Å²) in [6.45, 7) is 5.31. The Morgan fingerprint density at radius 1 is 0.974 bits per heavy atom. The Morgan fingerprint density at radius 3 is 2.13 bits per heavy atom. The zero-order valence-electron chi connectivity index (χ0n) is 20.8. The van der Waals surface area contributed by atoms with E-state index in [2.05, 4.69) is 0 Å². The lowest BCUT2D eigenvalue weighted by Crippen LogP contribution is -2.44. The third-order valence-electron chi connectivity index (χ3n) is 6.59. The molecule has 1 fully saturated rings. The molecule has 0 bridgehead atoms. The minimum atomic E-state index is -5.06. The van der Waals surface area contributed by atoms with Gasteiger partial charge in [0.2, 0.25) is 10.0 Å². The molecule has 1 atom stereocenters. The van der Waals surface area contributed by atoms with E-state index in [9.17, 15) is 34.8 Å².